The van der Waals surface area contributed by atoms with Crippen LogP contribution in [0.2, 0.25) is 0 Å². The van der Waals surface area contributed by atoms with E-state index in [1.54, 1.807) is 0 Å². The second-order valence-electron chi connectivity index (χ2n) is 17.1. The Morgan fingerprint density at radius 2 is 0.682 bits per heavy atom. The van der Waals surface area contributed by atoms with Gasteiger partial charge >= 0.3 is 0 Å². The Morgan fingerprint density at radius 3 is 1.38 bits per heavy atom. The average Bonchev–Trinajstić information content (AvgIpc) is 3.78. The monoisotopic (exact) mass is 839 g/mol. The van der Waals surface area contributed by atoms with Gasteiger partial charge in [-0.05, 0) is 113 Å². The molecule has 0 aliphatic heterocycles. The molecule has 2 heteroatoms. The molecule has 0 spiro atoms. The molecule has 0 unspecified atom stereocenters. The molecular weight excluding hydrogens is 799 g/mol. The van der Waals surface area contributed by atoms with Gasteiger partial charge in [0, 0.05) is 27.6 Å². The Labute approximate surface area is 382 Å². The number of nitrogens with zero attached hydrogens (tertiary/aromatic N) is 1. The highest BCUT2D eigenvalue weighted by Gasteiger charge is 2.22. The van der Waals surface area contributed by atoms with Crippen LogP contribution in [-0.2, 0) is 0 Å². The zero-order valence-electron chi connectivity index (χ0n) is 36.0. The van der Waals surface area contributed by atoms with Gasteiger partial charge in [-0.25, -0.2) is 0 Å². The number of benzene rings is 12. The summed E-state index contributed by atoms with van der Waals surface area (Å²) in [6.45, 7) is 0. The molecule has 0 amide bonds. The van der Waals surface area contributed by atoms with Crippen molar-refractivity contribution in [1.29, 1.82) is 0 Å². The SMILES string of the molecule is c1ccc(N(c2ccc(-c3cccc4oc5ccccc5c34)cc2)c2ccccc2-c2cccc3c2ccc2ccccc23)c(-c2ccc(-c3cccc4c3ccc3ccccc34)cc2)c1. The standard InChI is InChI=1S/C64H41NO/c1-3-16-48-42(14-1)36-40-56-50(21-11-23-53(48)56)44-30-32-45(33-31-44)51-18-5-8-26-60(51)65(47-38-34-46(35-39-47)52-22-13-29-63-64(52)59-20-7-10-28-62(59)66-63)61-27-9-6-19-58(61)55-25-12-24-54-49-17-4-2-15-43(49)37-41-57(54)55/h1-41H. The fourth-order valence-electron chi connectivity index (χ4n) is 10.4. The molecule has 0 atom stereocenters. The van der Waals surface area contributed by atoms with Gasteiger partial charge in [-0.1, -0.05) is 212 Å². The highest BCUT2D eigenvalue weighted by molar-refractivity contribution is 6.15. The molecular formula is C64H41NO. The highest BCUT2D eigenvalue weighted by Crippen LogP contribution is 2.47. The molecule has 308 valence electrons. The maximum absolute atomic E-state index is 6.32. The number of hydrogen-bond acceptors (Lipinski definition) is 2. The maximum Gasteiger partial charge on any atom is 0.136 e. The molecule has 13 rings (SSSR count). The van der Waals surface area contributed by atoms with E-state index >= 15 is 0 Å². The molecule has 12 aromatic carbocycles. The van der Waals surface area contributed by atoms with E-state index in [1.165, 1.54) is 59.8 Å². The number of hydrogen-bond donors (Lipinski definition) is 0. The van der Waals surface area contributed by atoms with E-state index in [2.05, 4.69) is 241 Å². The zero-order chi connectivity index (χ0) is 43.6. The topological polar surface area (TPSA) is 16.4 Å². The first-order valence-electron chi connectivity index (χ1n) is 22.7. The van der Waals surface area contributed by atoms with Gasteiger partial charge in [-0.3, -0.25) is 0 Å². The lowest BCUT2D eigenvalue weighted by molar-refractivity contribution is 0.669. The predicted octanol–water partition coefficient (Wildman–Crippen LogP) is 18.3. The second kappa shape index (κ2) is 15.5. The van der Waals surface area contributed by atoms with Crippen molar-refractivity contribution in [3.05, 3.63) is 249 Å². The van der Waals surface area contributed by atoms with Crippen molar-refractivity contribution < 1.29 is 4.42 Å². The van der Waals surface area contributed by atoms with Crippen molar-refractivity contribution in [2.24, 2.45) is 0 Å². The molecule has 1 heterocycles. The van der Waals surface area contributed by atoms with Gasteiger partial charge in [0.2, 0.25) is 0 Å². The highest BCUT2D eigenvalue weighted by atomic mass is 16.3. The van der Waals surface area contributed by atoms with Crippen LogP contribution in [0.3, 0.4) is 0 Å². The van der Waals surface area contributed by atoms with E-state index in [4.69, 9.17) is 4.42 Å². The van der Waals surface area contributed by atoms with Gasteiger partial charge in [0.05, 0.1) is 11.4 Å². The zero-order valence-corrected chi connectivity index (χ0v) is 36.0. The average molecular weight is 840 g/mol. The first-order chi connectivity index (χ1) is 32.7. The van der Waals surface area contributed by atoms with E-state index in [-0.39, 0.29) is 0 Å². The maximum atomic E-state index is 6.32. The third kappa shape index (κ3) is 6.18. The van der Waals surface area contributed by atoms with Crippen LogP contribution < -0.4 is 4.90 Å². The number of furan rings is 1. The number of para-hydroxylation sites is 3. The lowest BCUT2D eigenvalue weighted by Crippen LogP contribution is -2.12. The van der Waals surface area contributed by atoms with Gasteiger partial charge in [0.15, 0.2) is 0 Å². The number of anilines is 3. The summed E-state index contributed by atoms with van der Waals surface area (Å²) in [5.74, 6) is 0. The summed E-state index contributed by atoms with van der Waals surface area (Å²) in [5, 5.41) is 12.3. The summed E-state index contributed by atoms with van der Waals surface area (Å²) in [7, 11) is 0. The summed E-state index contributed by atoms with van der Waals surface area (Å²) in [4.78, 5) is 2.45. The molecule has 0 bridgehead atoms. The molecule has 66 heavy (non-hydrogen) atoms. The van der Waals surface area contributed by atoms with Gasteiger partial charge in [0.25, 0.3) is 0 Å². The Kier molecular flexibility index (Phi) is 8.89. The van der Waals surface area contributed by atoms with Crippen LogP contribution in [0.5, 0.6) is 0 Å². The molecule has 0 N–H and O–H groups in total. The Hall–Kier alpha value is -8.72. The number of fused-ring (bicyclic) bond motifs is 9. The van der Waals surface area contributed by atoms with E-state index in [0.29, 0.717) is 0 Å². The molecule has 0 saturated heterocycles. The van der Waals surface area contributed by atoms with Crippen LogP contribution in [0.4, 0.5) is 17.1 Å². The molecule has 2 nitrogen and oxygen atoms in total. The Morgan fingerprint density at radius 1 is 0.242 bits per heavy atom. The van der Waals surface area contributed by atoms with E-state index in [1.807, 2.05) is 12.1 Å². The van der Waals surface area contributed by atoms with Gasteiger partial charge in [-0.2, -0.15) is 0 Å². The fraction of sp³-hybridized carbons (Fsp3) is 0. The van der Waals surface area contributed by atoms with E-state index in [0.717, 1.165) is 66.8 Å². The van der Waals surface area contributed by atoms with Crippen molar-refractivity contribution in [3.63, 3.8) is 0 Å². The molecule has 0 aliphatic carbocycles. The van der Waals surface area contributed by atoms with Crippen molar-refractivity contribution in [2.45, 2.75) is 0 Å². The summed E-state index contributed by atoms with van der Waals surface area (Å²) in [6, 6.07) is 90.4. The predicted molar refractivity (Wildman–Crippen MR) is 280 cm³/mol. The van der Waals surface area contributed by atoms with Crippen molar-refractivity contribution in [1.82, 2.24) is 0 Å². The summed E-state index contributed by atoms with van der Waals surface area (Å²) in [5.41, 5.74) is 14.4. The molecule has 13 aromatic rings. The smallest absolute Gasteiger partial charge is 0.136 e. The fourth-order valence-corrected chi connectivity index (χ4v) is 10.4. The van der Waals surface area contributed by atoms with Crippen molar-refractivity contribution in [2.75, 3.05) is 4.90 Å². The molecule has 0 fully saturated rings. The minimum absolute atomic E-state index is 0.894. The van der Waals surface area contributed by atoms with Crippen LogP contribution in [0.25, 0.3) is 110 Å². The third-order valence-electron chi connectivity index (χ3n) is 13.5. The minimum Gasteiger partial charge on any atom is -0.456 e. The molecule has 0 saturated carbocycles. The van der Waals surface area contributed by atoms with Gasteiger partial charge < -0.3 is 9.32 Å². The normalized spacial score (nSPS) is 11.6. The molecule has 0 aliphatic rings. The van der Waals surface area contributed by atoms with E-state index < -0.39 is 0 Å². The lowest BCUT2D eigenvalue weighted by atomic mass is 9.92. The summed E-state index contributed by atoms with van der Waals surface area (Å²) in [6.07, 6.45) is 0. The Balaban J connectivity index is 0.977. The lowest BCUT2D eigenvalue weighted by Gasteiger charge is -2.30. The summed E-state index contributed by atoms with van der Waals surface area (Å²) >= 11 is 0. The summed E-state index contributed by atoms with van der Waals surface area (Å²) < 4.78 is 6.32. The van der Waals surface area contributed by atoms with Crippen LogP contribution >= 0.6 is 0 Å². The molecule has 1 aromatic heterocycles. The quantitative estimate of drug-likeness (QED) is 0.149. The number of rotatable bonds is 7. The first kappa shape index (κ1) is 37.8. The largest absolute Gasteiger partial charge is 0.456 e. The third-order valence-corrected chi connectivity index (χ3v) is 13.5. The van der Waals surface area contributed by atoms with Crippen LogP contribution in [-0.4, -0.2) is 0 Å². The van der Waals surface area contributed by atoms with Crippen LogP contribution in [0, 0.1) is 0 Å². The van der Waals surface area contributed by atoms with Crippen molar-refractivity contribution >= 4 is 82.1 Å². The minimum atomic E-state index is 0.894. The van der Waals surface area contributed by atoms with Crippen LogP contribution in [0.1, 0.15) is 0 Å². The van der Waals surface area contributed by atoms with E-state index in [9.17, 15) is 0 Å². The van der Waals surface area contributed by atoms with Crippen LogP contribution in [0.15, 0.2) is 253 Å². The molecule has 0 radical (unpaired) electrons. The Bertz CT molecular complexity index is 3990. The second-order valence-corrected chi connectivity index (χ2v) is 17.1. The first-order valence-corrected chi connectivity index (χ1v) is 22.7. The van der Waals surface area contributed by atoms with Gasteiger partial charge in [-0.15, -0.1) is 0 Å². The van der Waals surface area contributed by atoms with Crippen molar-refractivity contribution in [3.8, 4) is 44.5 Å². The van der Waals surface area contributed by atoms with Gasteiger partial charge in [0.1, 0.15) is 11.2 Å².